The first kappa shape index (κ1) is 9.15. The van der Waals surface area contributed by atoms with Crippen LogP contribution in [-0.4, -0.2) is 25.0 Å². The molecule has 100 valence electrons. The van der Waals surface area contributed by atoms with E-state index >= 15 is 0 Å². The van der Waals surface area contributed by atoms with Crippen molar-refractivity contribution in [3.8, 4) is 0 Å². The van der Waals surface area contributed by atoms with Crippen molar-refractivity contribution in [2.24, 2.45) is 0 Å². The molecule has 1 unspecified atom stereocenters. The first-order valence-electron chi connectivity index (χ1n) is 8.67. The smallest absolute Gasteiger partial charge is 0.0394 e. The molecule has 4 rings (SSSR count). The van der Waals surface area contributed by atoms with E-state index in [1.807, 2.05) is 6.07 Å². The Kier molecular flexibility index (Phi) is 2.11. The SMILES string of the molecule is [2H]C([2H])([2H])N1CCC2=C(C1)C(c1ccccc1)c1ccccc12. The largest absolute Gasteiger partial charge is 0.302 e. The quantitative estimate of drug-likeness (QED) is 0.754. The van der Waals surface area contributed by atoms with Crippen LogP contribution in [0.4, 0.5) is 0 Å². The maximum Gasteiger partial charge on any atom is 0.0394 e. The van der Waals surface area contributed by atoms with E-state index in [0.717, 1.165) is 6.42 Å². The van der Waals surface area contributed by atoms with Gasteiger partial charge in [0, 0.05) is 23.1 Å². The lowest BCUT2D eigenvalue weighted by molar-refractivity contribution is 0.356. The number of likely N-dealkylation sites (N-methyl/N-ethyl adjacent to an activating group) is 1. The van der Waals surface area contributed by atoms with Gasteiger partial charge in [-0.3, -0.25) is 0 Å². The van der Waals surface area contributed by atoms with Crippen LogP contribution in [0.3, 0.4) is 0 Å². The van der Waals surface area contributed by atoms with Gasteiger partial charge in [0.25, 0.3) is 0 Å². The van der Waals surface area contributed by atoms with Crippen molar-refractivity contribution < 1.29 is 4.11 Å². The second kappa shape index (κ2) is 4.60. The molecule has 1 heterocycles. The molecule has 0 radical (unpaired) electrons. The molecular weight excluding hydrogens is 242 g/mol. The summed E-state index contributed by atoms with van der Waals surface area (Å²) < 4.78 is 23.2. The molecule has 0 amide bonds. The average Bonchev–Trinajstić information content (AvgIpc) is 2.88. The molecule has 1 aliphatic carbocycles. The van der Waals surface area contributed by atoms with E-state index in [1.54, 1.807) is 4.90 Å². The van der Waals surface area contributed by atoms with E-state index in [-0.39, 0.29) is 5.92 Å². The highest BCUT2D eigenvalue weighted by atomic mass is 15.1. The molecule has 20 heavy (non-hydrogen) atoms. The van der Waals surface area contributed by atoms with E-state index in [0.29, 0.717) is 13.1 Å². The summed E-state index contributed by atoms with van der Waals surface area (Å²) in [7, 11) is 0. The average molecular weight is 264 g/mol. The predicted octanol–water partition coefficient (Wildman–Crippen LogP) is 3.92. The molecular formula is C19H19N. The highest BCUT2D eigenvalue weighted by Crippen LogP contribution is 2.48. The predicted molar refractivity (Wildman–Crippen MR) is 83.8 cm³/mol. The lowest BCUT2D eigenvalue weighted by Crippen LogP contribution is -2.27. The minimum atomic E-state index is -2.02. The molecule has 0 N–H and O–H groups in total. The van der Waals surface area contributed by atoms with Gasteiger partial charge in [0.2, 0.25) is 0 Å². The fourth-order valence-electron chi connectivity index (χ4n) is 3.60. The molecule has 2 aliphatic rings. The van der Waals surface area contributed by atoms with Gasteiger partial charge < -0.3 is 4.90 Å². The fourth-order valence-corrected chi connectivity index (χ4v) is 3.60. The van der Waals surface area contributed by atoms with Gasteiger partial charge in [-0.05, 0) is 41.2 Å². The van der Waals surface area contributed by atoms with Gasteiger partial charge >= 0.3 is 0 Å². The first-order valence-corrected chi connectivity index (χ1v) is 7.17. The highest BCUT2D eigenvalue weighted by molar-refractivity contribution is 5.81. The van der Waals surface area contributed by atoms with Gasteiger partial charge in [0.15, 0.2) is 0 Å². The lowest BCUT2D eigenvalue weighted by Gasteiger charge is -2.27. The molecule has 2 aromatic carbocycles. The zero-order valence-electron chi connectivity index (χ0n) is 14.3. The fraction of sp³-hybridized carbons (Fsp3) is 0.263. The van der Waals surface area contributed by atoms with Crippen molar-refractivity contribution in [2.45, 2.75) is 12.3 Å². The van der Waals surface area contributed by atoms with Crippen LogP contribution in [0.25, 0.3) is 5.57 Å². The first-order chi connectivity index (χ1) is 11.1. The monoisotopic (exact) mass is 264 g/mol. The molecule has 0 saturated heterocycles. The minimum absolute atomic E-state index is 0.188. The van der Waals surface area contributed by atoms with E-state index in [4.69, 9.17) is 4.11 Å². The van der Waals surface area contributed by atoms with Crippen LogP contribution in [0.15, 0.2) is 60.2 Å². The van der Waals surface area contributed by atoms with Crippen molar-refractivity contribution in [2.75, 3.05) is 20.1 Å². The van der Waals surface area contributed by atoms with E-state index in [1.165, 1.54) is 27.8 Å². The third kappa shape index (κ3) is 1.74. The van der Waals surface area contributed by atoms with E-state index < -0.39 is 6.98 Å². The summed E-state index contributed by atoms with van der Waals surface area (Å²) >= 11 is 0. The second-order valence-electron chi connectivity index (χ2n) is 5.61. The lowest BCUT2D eigenvalue weighted by atomic mass is 9.87. The zero-order valence-corrected chi connectivity index (χ0v) is 11.3. The van der Waals surface area contributed by atoms with Crippen LogP contribution < -0.4 is 0 Å². The summed E-state index contributed by atoms with van der Waals surface area (Å²) in [5.74, 6) is 0.188. The highest BCUT2D eigenvalue weighted by Gasteiger charge is 2.34. The summed E-state index contributed by atoms with van der Waals surface area (Å²) in [4.78, 5) is 1.63. The number of hydrogen-bond donors (Lipinski definition) is 0. The maximum absolute atomic E-state index is 7.75. The Morgan fingerprint density at radius 1 is 1.05 bits per heavy atom. The van der Waals surface area contributed by atoms with Crippen LogP contribution in [0.5, 0.6) is 0 Å². The molecule has 0 aromatic heterocycles. The van der Waals surface area contributed by atoms with Crippen molar-refractivity contribution in [3.05, 3.63) is 76.9 Å². The van der Waals surface area contributed by atoms with Crippen LogP contribution in [0.2, 0.25) is 0 Å². The van der Waals surface area contributed by atoms with Gasteiger partial charge in [-0.2, -0.15) is 0 Å². The maximum atomic E-state index is 7.75. The Balaban J connectivity index is 1.82. The van der Waals surface area contributed by atoms with Crippen molar-refractivity contribution in [1.29, 1.82) is 0 Å². The topological polar surface area (TPSA) is 3.24 Å². The van der Waals surface area contributed by atoms with Gasteiger partial charge in [0.05, 0.1) is 0 Å². The van der Waals surface area contributed by atoms with Crippen LogP contribution >= 0.6 is 0 Å². The second-order valence-corrected chi connectivity index (χ2v) is 5.61. The Hall–Kier alpha value is -1.86. The Morgan fingerprint density at radius 2 is 1.85 bits per heavy atom. The van der Waals surface area contributed by atoms with Crippen LogP contribution in [0.1, 0.15) is 33.1 Å². The molecule has 2 aromatic rings. The molecule has 0 saturated carbocycles. The Labute approximate surface area is 124 Å². The Morgan fingerprint density at radius 3 is 2.70 bits per heavy atom. The van der Waals surface area contributed by atoms with Gasteiger partial charge in [-0.1, -0.05) is 54.6 Å². The molecule has 0 fully saturated rings. The zero-order chi connectivity index (χ0) is 16.0. The third-order valence-electron chi connectivity index (χ3n) is 4.46. The summed E-state index contributed by atoms with van der Waals surface area (Å²) in [5, 5.41) is 0. The van der Waals surface area contributed by atoms with Crippen LogP contribution in [-0.2, 0) is 0 Å². The Bertz CT molecular complexity index is 762. The van der Waals surface area contributed by atoms with Crippen molar-refractivity contribution in [1.82, 2.24) is 4.90 Å². The van der Waals surface area contributed by atoms with Gasteiger partial charge in [-0.15, -0.1) is 0 Å². The number of benzene rings is 2. The van der Waals surface area contributed by atoms with E-state index in [2.05, 4.69) is 48.5 Å². The summed E-state index contributed by atoms with van der Waals surface area (Å²) in [6.45, 7) is -0.889. The van der Waals surface area contributed by atoms with Gasteiger partial charge in [-0.25, -0.2) is 0 Å². The number of nitrogens with zero attached hydrogens (tertiary/aromatic N) is 1. The van der Waals surface area contributed by atoms with E-state index in [9.17, 15) is 0 Å². The number of hydrogen-bond acceptors (Lipinski definition) is 1. The molecule has 1 aliphatic heterocycles. The minimum Gasteiger partial charge on any atom is -0.302 e. The normalized spacial score (nSPS) is 24.6. The number of rotatable bonds is 1. The molecule has 0 bridgehead atoms. The van der Waals surface area contributed by atoms with Crippen molar-refractivity contribution >= 4 is 5.57 Å². The standard InChI is InChI=1S/C19H19N/c1-20-12-11-16-15-9-5-6-10-17(15)19(18(16)13-20)14-7-3-2-4-8-14/h2-10,19H,11-13H2,1H3/i1D3. The summed E-state index contributed by atoms with van der Waals surface area (Å²) in [6, 6.07) is 18.9. The molecule has 1 atom stereocenters. The van der Waals surface area contributed by atoms with Crippen molar-refractivity contribution in [3.63, 3.8) is 0 Å². The number of fused-ring (bicyclic) bond motifs is 2. The van der Waals surface area contributed by atoms with Gasteiger partial charge in [0.1, 0.15) is 0 Å². The molecule has 1 heteroatoms. The van der Waals surface area contributed by atoms with Crippen LogP contribution in [0, 0.1) is 0 Å². The summed E-state index contributed by atoms with van der Waals surface area (Å²) in [5.41, 5.74) is 6.49. The molecule has 1 nitrogen and oxygen atoms in total. The molecule has 0 spiro atoms. The third-order valence-corrected chi connectivity index (χ3v) is 4.46. The summed E-state index contributed by atoms with van der Waals surface area (Å²) in [6.07, 6.45) is 0.814.